The smallest absolute Gasteiger partial charge is 0.545 e. The van der Waals surface area contributed by atoms with E-state index in [1.54, 1.807) is 0 Å². The van der Waals surface area contributed by atoms with E-state index in [9.17, 15) is 19.5 Å². The number of aliphatic carboxylic acids is 2. The summed E-state index contributed by atoms with van der Waals surface area (Å²) in [6, 6.07) is 0. The third-order valence-corrected chi connectivity index (χ3v) is 6.07. The first kappa shape index (κ1) is 41.5. The van der Waals surface area contributed by atoms with Gasteiger partial charge in [-0.1, -0.05) is 123 Å². The molecule has 0 aliphatic carbocycles. The van der Waals surface area contributed by atoms with Crippen LogP contribution in [-0.2, 0) is 19.1 Å². The van der Waals surface area contributed by atoms with Gasteiger partial charge < -0.3 is 30.0 Å². The number of ether oxygens (including phenoxy) is 1. The van der Waals surface area contributed by atoms with Crippen LogP contribution in [-0.4, -0.2) is 45.6 Å². The maximum Gasteiger partial charge on any atom is 1.00 e. The predicted octanol–water partition coefficient (Wildman–Crippen LogP) is 2.43. The first-order valence-corrected chi connectivity index (χ1v) is 14.4. The molecule has 0 aromatic rings. The summed E-state index contributed by atoms with van der Waals surface area (Å²) in [6.45, 7) is 4.58. The topological polar surface area (TPSA) is 144 Å². The summed E-state index contributed by atoms with van der Waals surface area (Å²) in [5, 5.41) is 35.9. The molecule has 0 saturated carbocycles. The molecule has 0 aromatic heterocycles. The standard InChI is InChI=1S/C22H40O4.C7H14O4.Na/c1-2-3-4-5-6-7-8-9-10-11-12-13-14-15-16-17-20-26-22(25)19-18-21(23)24;1-2-3-4-5-7(10,11)6(8)9;/h18-19H,2-17,20H2,1H3,(H,23,24);10-11H,2-5H2,1H3,(H,8,9);/q;;+1/p-1/b19-18+;;. The molecule has 0 aromatic carbocycles. The fourth-order valence-corrected chi connectivity index (χ4v) is 3.74. The summed E-state index contributed by atoms with van der Waals surface area (Å²) in [6.07, 6.45) is 24.6. The molecule has 0 aliphatic heterocycles. The largest absolute Gasteiger partial charge is 1.00 e. The molecule has 9 heteroatoms. The van der Waals surface area contributed by atoms with Gasteiger partial charge in [0.25, 0.3) is 5.79 Å². The SMILES string of the molecule is CCCCCC(O)(O)C(=O)O.CCCCCCCCCCCCCCCCCCOC(=O)/C=C/C(=O)[O-].[Na+]. The normalized spacial score (nSPS) is 10.9. The Kier molecular flexibility index (Phi) is 33.5. The Morgan fingerprint density at radius 1 is 0.658 bits per heavy atom. The zero-order valence-corrected chi connectivity index (χ0v) is 26.4. The van der Waals surface area contributed by atoms with Crippen molar-refractivity contribution in [2.75, 3.05) is 6.61 Å². The van der Waals surface area contributed by atoms with E-state index in [0.29, 0.717) is 19.1 Å². The third-order valence-electron chi connectivity index (χ3n) is 6.07. The van der Waals surface area contributed by atoms with Crippen molar-refractivity contribution in [3.05, 3.63) is 12.2 Å². The van der Waals surface area contributed by atoms with Gasteiger partial charge in [-0.3, -0.25) is 0 Å². The van der Waals surface area contributed by atoms with Gasteiger partial charge in [-0.2, -0.15) is 0 Å². The molecular weight excluding hydrogens is 499 g/mol. The van der Waals surface area contributed by atoms with Crippen molar-refractivity contribution in [1.82, 2.24) is 0 Å². The fourth-order valence-electron chi connectivity index (χ4n) is 3.74. The van der Waals surface area contributed by atoms with Gasteiger partial charge in [-0.25, -0.2) is 9.59 Å². The number of unbranched alkanes of at least 4 members (excludes halogenated alkanes) is 17. The molecule has 0 radical (unpaired) electrons. The number of carbonyl (C=O) groups excluding carboxylic acids is 2. The Morgan fingerprint density at radius 3 is 1.39 bits per heavy atom. The maximum atomic E-state index is 11.1. The van der Waals surface area contributed by atoms with Gasteiger partial charge in [0, 0.05) is 12.5 Å². The predicted molar refractivity (Wildman–Crippen MR) is 144 cm³/mol. The Morgan fingerprint density at radius 2 is 1.03 bits per heavy atom. The van der Waals surface area contributed by atoms with E-state index in [0.717, 1.165) is 31.8 Å². The van der Waals surface area contributed by atoms with Gasteiger partial charge in [-0.05, 0) is 18.9 Å². The number of rotatable bonds is 24. The van der Waals surface area contributed by atoms with Gasteiger partial charge >= 0.3 is 41.5 Å². The van der Waals surface area contributed by atoms with Crippen molar-refractivity contribution in [2.45, 2.75) is 148 Å². The summed E-state index contributed by atoms with van der Waals surface area (Å²) in [5.74, 6) is -6.11. The Bertz CT molecular complexity index is 593. The molecule has 8 nitrogen and oxygen atoms in total. The minimum Gasteiger partial charge on any atom is -0.545 e. The Balaban J connectivity index is -0.000000859. The van der Waals surface area contributed by atoms with Crippen LogP contribution >= 0.6 is 0 Å². The van der Waals surface area contributed by atoms with Crippen molar-refractivity contribution < 1.29 is 69.1 Å². The molecule has 0 spiro atoms. The van der Waals surface area contributed by atoms with E-state index >= 15 is 0 Å². The number of carboxylic acids is 2. The number of carboxylic acid groups (broad SMARTS) is 2. The third kappa shape index (κ3) is 33.1. The van der Waals surface area contributed by atoms with Crippen molar-refractivity contribution in [3.63, 3.8) is 0 Å². The minimum absolute atomic E-state index is 0. The molecule has 0 aliphatic rings. The van der Waals surface area contributed by atoms with Gasteiger partial charge in [0.2, 0.25) is 0 Å². The van der Waals surface area contributed by atoms with Gasteiger partial charge in [0.1, 0.15) is 0 Å². The second kappa shape index (κ2) is 30.6. The molecule has 0 rings (SSSR count). The van der Waals surface area contributed by atoms with Crippen LogP contribution < -0.4 is 34.7 Å². The summed E-state index contributed by atoms with van der Waals surface area (Å²) in [7, 11) is 0. The molecule has 38 heavy (non-hydrogen) atoms. The zero-order valence-electron chi connectivity index (χ0n) is 24.4. The van der Waals surface area contributed by atoms with E-state index in [1.807, 2.05) is 6.92 Å². The molecule has 218 valence electrons. The molecule has 0 saturated heterocycles. The number of hydrogen-bond donors (Lipinski definition) is 3. The second-order valence-corrected chi connectivity index (χ2v) is 9.70. The van der Waals surface area contributed by atoms with E-state index < -0.39 is 23.7 Å². The van der Waals surface area contributed by atoms with Crippen LogP contribution in [0.15, 0.2) is 12.2 Å². The number of esters is 1. The van der Waals surface area contributed by atoms with Crippen LogP contribution in [0.1, 0.15) is 142 Å². The number of hydrogen-bond acceptors (Lipinski definition) is 7. The molecule has 3 N–H and O–H groups in total. The molecule has 0 fully saturated rings. The number of carbonyl (C=O) groups is 3. The minimum atomic E-state index is -2.53. The van der Waals surface area contributed by atoms with Crippen molar-refractivity contribution in [3.8, 4) is 0 Å². The molecule has 0 unspecified atom stereocenters. The van der Waals surface area contributed by atoms with E-state index in [-0.39, 0.29) is 36.0 Å². The first-order valence-electron chi connectivity index (χ1n) is 14.4. The van der Waals surface area contributed by atoms with E-state index in [1.165, 1.54) is 89.9 Å². The summed E-state index contributed by atoms with van der Waals surface area (Å²) in [5.41, 5.74) is 0. The number of aliphatic hydroxyl groups is 2. The molecule has 0 atom stereocenters. The quantitative estimate of drug-likeness (QED) is 0.0545. The van der Waals surface area contributed by atoms with Crippen LogP contribution in [0.5, 0.6) is 0 Å². The van der Waals surface area contributed by atoms with Crippen LogP contribution in [0.4, 0.5) is 0 Å². The van der Waals surface area contributed by atoms with Crippen LogP contribution in [0, 0.1) is 0 Å². The van der Waals surface area contributed by atoms with Crippen molar-refractivity contribution >= 4 is 17.9 Å². The fraction of sp³-hybridized carbons (Fsp3) is 0.828. The van der Waals surface area contributed by atoms with Crippen molar-refractivity contribution in [1.29, 1.82) is 0 Å². The summed E-state index contributed by atoms with van der Waals surface area (Å²) in [4.78, 5) is 31.4. The van der Waals surface area contributed by atoms with Crippen LogP contribution in [0.25, 0.3) is 0 Å². The maximum absolute atomic E-state index is 11.1. The van der Waals surface area contributed by atoms with Gasteiger partial charge in [0.05, 0.1) is 12.6 Å². The molecule has 0 heterocycles. The van der Waals surface area contributed by atoms with Gasteiger partial charge in [-0.15, -0.1) is 0 Å². The molecule has 0 amide bonds. The zero-order chi connectivity index (χ0) is 28.2. The average molecular weight is 553 g/mol. The average Bonchev–Trinajstić information content (AvgIpc) is 2.85. The molecular formula is C29H53NaO8. The molecule has 0 bridgehead atoms. The van der Waals surface area contributed by atoms with Crippen molar-refractivity contribution in [2.24, 2.45) is 0 Å². The summed E-state index contributed by atoms with van der Waals surface area (Å²) < 4.78 is 4.89. The van der Waals surface area contributed by atoms with E-state index in [4.69, 9.17) is 20.1 Å². The van der Waals surface area contributed by atoms with E-state index in [2.05, 4.69) is 6.92 Å². The van der Waals surface area contributed by atoms with Gasteiger partial charge in [0.15, 0.2) is 0 Å². The monoisotopic (exact) mass is 552 g/mol. The first-order chi connectivity index (χ1) is 17.7. The second-order valence-electron chi connectivity index (χ2n) is 9.70. The summed E-state index contributed by atoms with van der Waals surface area (Å²) >= 11 is 0. The van der Waals surface area contributed by atoms with Crippen LogP contribution in [0.3, 0.4) is 0 Å². The Labute approximate surface area is 252 Å². The Hall–Kier alpha value is -0.930. The van der Waals surface area contributed by atoms with Crippen LogP contribution in [0.2, 0.25) is 0 Å².